The van der Waals surface area contributed by atoms with Crippen molar-refractivity contribution in [3.8, 4) is 22.8 Å². The zero-order valence-electron chi connectivity index (χ0n) is 16.2. The fourth-order valence-electron chi connectivity index (χ4n) is 3.93. The highest BCUT2D eigenvalue weighted by molar-refractivity contribution is 9.10. The maximum atomic E-state index is 5.00. The molecule has 0 fully saturated rings. The number of halogens is 2. The summed E-state index contributed by atoms with van der Waals surface area (Å²) in [6.07, 6.45) is 0. The smallest absolute Gasteiger partial charge is 0.141 e. The van der Waals surface area contributed by atoms with E-state index in [4.69, 9.17) is 9.97 Å². The summed E-state index contributed by atoms with van der Waals surface area (Å²) in [6.45, 7) is 4.25. The van der Waals surface area contributed by atoms with Crippen molar-refractivity contribution < 1.29 is 0 Å². The zero-order chi connectivity index (χ0) is 20.3. The standard InChI is InChI=1S/C23H18Br2N4/c1-12-10-15(25)13(2)21(20(12)22-26-16-6-4-5-7-17(16)27-22)23-28-18-11-14(24)8-9-19(18)29(23)3/h4-11H,1-3H3,(H,26,27). The Morgan fingerprint density at radius 2 is 1.69 bits per heavy atom. The number of fused-ring (bicyclic) bond motifs is 2. The number of H-pyrrole nitrogens is 1. The van der Waals surface area contributed by atoms with Gasteiger partial charge in [-0.25, -0.2) is 9.97 Å². The van der Waals surface area contributed by atoms with Gasteiger partial charge < -0.3 is 9.55 Å². The molecule has 0 aliphatic carbocycles. The van der Waals surface area contributed by atoms with Crippen LogP contribution in [0.1, 0.15) is 11.1 Å². The Bertz CT molecular complexity index is 1380. The van der Waals surface area contributed by atoms with E-state index in [0.717, 1.165) is 64.9 Å². The Labute approximate surface area is 185 Å². The van der Waals surface area contributed by atoms with Gasteiger partial charge in [0.15, 0.2) is 0 Å². The Morgan fingerprint density at radius 3 is 2.48 bits per heavy atom. The monoisotopic (exact) mass is 508 g/mol. The number of imidazole rings is 2. The van der Waals surface area contributed by atoms with E-state index >= 15 is 0 Å². The molecule has 2 heterocycles. The largest absolute Gasteiger partial charge is 0.338 e. The van der Waals surface area contributed by atoms with Crippen LogP contribution in [0.15, 0.2) is 57.5 Å². The molecular weight excluding hydrogens is 492 g/mol. The number of hydrogen-bond donors (Lipinski definition) is 1. The Morgan fingerprint density at radius 1 is 0.897 bits per heavy atom. The van der Waals surface area contributed by atoms with Gasteiger partial charge in [0.2, 0.25) is 0 Å². The average Bonchev–Trinajstić information content (AvgIpc) is 3.25. The summed E-state index contributed by atoms with van der Waals surface area (Å²) in [5.41, 5.74) is 8.50. The van der Waals surface area contributed by atoms with Gasteiger partial charge in [0, 0.05) is 27.1 Å². The molecule has 0 spiro atoms. The molecule has 1 N–H and O–H groups in total. The number of nitrogens with zero attached hydrogens (tertiary/aromatic N) is 3. The minimum Gasteiger partial charge on any atom is -0.338 e. The van der Waals surface area contributed by atoms with Gasteiger partial charge in [-0.2, -0.15) is 0 Å². The molecule has 3 aromatic carbocycles. The van der Waals surface area contributed by atoms with Crippen LogP contribution in [0.2, 0.25) is 0 Å². The van der Waals surface area contributed by atoms with Crippen LogP contribution >= 0.6 is 31.9 Å². The summed E-state index contributed by atoms with van der Waals surface area (Å²) in [4.78, 5) is 13.4. The number of nitrogens with one attached hydrogen (secondary N) is 1. The Balaban J connectivity index is 1.86. The second-order valence-corrected chi connectivity index (χ2v) is 9.05. The first kappa shape index (κ1) is 18.6. The van der Waals surface area contributed by atoms with E-state index in [1.807, 2.05) is 24.3 Å². The lowest BCUT2D eigenvalue weighted by Gasteiger charge is -2.16. The lowest BCUT2D eigenvalue weighted by molar-refractivity contribution is 0.956. The van der Waals surface area contributed by atoms with Crippen LogP contribution in [-0.4, -0.2) is 19.5 Å². The van der Waals surface area contributed by atoms with Gasteiger partial charge in [0.05, 0.1) is 22.1 Å². The molecule has 0 unspecified atom stereocenters. The van der Waals surface area contributed by atoms with Gasteiger partial charge in [0.1, 0.15) is 11.6 Å². The van der Waals surface area contributed by atoms with Crippen molar-refractivity contribution in [3.63, 3.8) is 0 Å². The minimum absolute atomic E-state index is 0.863. The highest BCUT2D eigenvalue weighted by Crippen LogP contribution is 2.40. The molecule has 0 saturated heterocycles. The van der Waals surface area contributed by atoms with Gasteiger partial charge in [-0.3, -0.25) is 0 Å². The second kappa shape index (κ2) is 6.82. The molecule has 0 atom stereocenters. The lowest BCUT2D eigenvalue weighted by atomic mass is 9.96. The number of para-hydroxylation sites is 2. The molecule has 6 heteroatoms. The molecule has 5 rings (SSSR count). The van der Waals surface area contributed by atoms with E-state index in [2.05, 4.69) is 86.6 Å². The molecule has 0 radical (unpaired) electrons. The van der Waals surface area contributed by atoms with Gasteiger partial charge in [0.25, 0.3) is 0 Å². The Hall–Kier alpha value is -2.44. The molecule has 0 saturated carbocycles. The van der Waals surface area contributed by atoms with Crippen molar-refractivity contribution in [1.29, 1.82) is 0 Å². The number of hydrogen-bond acceptors (Lipinski definition) is 2. The van der Waals surface area contributed by atoms with Crippen molar-refractivity contribution in [2.45, 2.75) is 13.8 Å². The summed E-state index contributed by atoms with van der Waals surface area (Å²) in [6, 6.07) is 16.5. The van der Waals surface area contributed by atoms with Crippen molar-refractivity contribution >= 4 is 53.9 Å². The zero-order valence-corrected chi connectivity index (χ0v) is 19.4. The third-order valence-electron chi connectivity index (χ3n) is 5.41. The van der Waals surface area contributed by atoms with Gasteiger partial charge >= 0.3 is 0 Å². The minimum atomic E-state index is 0.863. The predicted octanol–water partition coefficient (Wildman–Crippen LogP) is 6.93. The van der Waals surface area contributed by atoms with Crippen LogP contribution in [0.25, 0.3) is 44.8 Å². The van der Waals surface area contributed by atoms with Crippen LogP contribution in [0.3, 0.4) is 0 Å². The predicted molar refractivity (Wildman–Crippen MR) is 126 cm³/mol. The van der Waals surface area contributed by atoms with Crippen LogP contribution in [-0.2, 0) is 7.05 Å². The van der Waals surface area contributed by atoms with Crippen molar-refractivity contribution in [2.24, 2.45) is 7.05 Å². The van der Waals surface area contributed by atoms with E-state index in [0.29, 0.717) is 0 Å². The number of rotatable bonds is 2. The van der Waals surface area contributed by atoms with Crippen molar-refractivity contribution in [2.75, 3.05) is 0 Å². The highest BCUT2D eigenvalue weighted by atomic mass is 79.9. The maximum absolute atomic E-state index is 5.00. The average molecular weight is 510 g/mol. The van der Waals surface area contributed by atoms with E-state index in [1.54, 1.807) is 0 Å². The molecular formula is C23H18Br2N4. The summed E-state index contributed by atoms with van der Waals surface area (Å²) in [5.74, 6) is 1.79. The van der Waals surface area contributed by atoms with Gasteiger partial charge in [-0.15, -0.1) is 0 Å². The number of aromatic nitrogens is 4. The van der Waals surface area contributed by atoms with E-state index < -0.39 is 0 Å². The fourth-order valence-corrected chi connectivity index (χ4v) is 4.82. The molecule has 4 nitrogen and oxygen atoms in total. The first-order chi connectivity index (χ1) is 13.9. The first-order valence-corrected chi connectivity index (χ1v) is 10.9. The molecule has 144 valence electrons. The topological polar surface area (TPSA) is 46.5 Å². The molecule has 2 aromatic heterocycles. The van der Waals surface area contributed by atoms with Crippen LogP contribution in [0, 0.1) is 13.8 Å². The van der Waals surface area contributed by atoms with E-state index in [-0.39, 0.29) is 0 Å². The number of aryl methyl sites for hydroxylation is 2. The molecule has 0 amide bonds. The summed E-state index contributed by atoms with van der Waals surface area (Å²) in [5, 5.41) is 0. The molecule has 0 bridgehead atoms. The summed E-state index contributed by atoms with van der Waals surface area (Å²) in [7, 11) is 2.07. The summed E-state index contributed by atoms with van der Waals surface area (Å²) >= 11 is 7.30. The van der Waals surface area contributed by atoms with Crippen LogP contribution in [0.5, 0.6) is 0 Å². The lowest BCUT2D eigenvalue weighted by Crippen LogP contribution is -2.00. The van der Waals surface area contributed by atoms with Crippen LogP contribution < -0.4 is 0 Å². The second-order valence-electron chi connectivity index (χ2n) is 7.28. The highest BCUT2D eigenvalue weighted by Gasteiger charge is 2.22. The third-order valence-corrected chi connectivity index (χ3v) is 6.73. The quantitative estimate of drug-likeness (QED) is 0.280. The molecule has 0 aliphatic rings. The van der Waals surface area contributed by atoms with Crippen molar-refractivity contribution in [1.82, 2.24) is 19.5 Å². The Kier molecular flexibility index (Phi) is 4.37. The maximum Gasteiger partial charge on any atom is 0.141 e. The van der Waals surface area contributed by atoms with Gasteiger partial charge in [-0.1, -0.05) is 44.0 Å². The first-order valence-electron chi connectivity index (χ1n) is 9.31. The van der Waals surface area contributed by atoms with Crippen molar-refractivity contribution in [3.05, 3.63) is 68.6 Å². The number of aromatic amines is 1. The molecule has 0 aliphatic heterocycles. The normalized spacial score (nSPS) is 11.6. The molecule has 5 aromatic rings. The van der Waals surface area contributed by atoms with E-state index in [1.165, 1.54) is 0 Å². The summed E-state index contributed by atoms with van der Waals surface area (Å²) < 4.78 is 4.25. The number of benzene rings is 3. The van der Waals surface area contributed by atoms with E-state index in [9.17, 15) is 0 Å². The van der Waals surface area contributed by atoms with Gasteiger partial charge in [-0.05, 0) is 61.4 Å². The third kappa shape index (κ3) is 2.93. The van der Waals surface area contributed by atoms with Crippen LogP contribution in [0.4, 0.5) is 0 Å². The SMILES string of the molecule is Cc1cc(Br)c(C)c(-c2nc3cc(Br)ccc3n2C)c1-c1nc2ccccc2[nH]1. The fraction of sp³-hybridized carbons (Fsp3) is 0.130. The molecule has 29 heavy (non-hydrogen) atoms.